The van der Waals surface area contributed by atoms with Gasteiger partial charge in [0.15, 0.2) is 0 Å². The van der Waals surface area contributed by atoms with Gasteiger partial charge in [-0.25, -0.2) is 0 Å². The first-order valence-corrected chi connectivity index (χ1v) is 6.30. The van der Waals surface area contributed by atoms with Crippen LogP contribution < -0.4 is 5.73 Å². The van der Waals surface area contributed by atoms with Crippen LogP contribution in [0.1, 0.15) is 25.7 Å². The molecule has 3 heteroatoms. The second-order valence-electron chi connectivity index (χ2n) is 5.48. The fourth-order valence-corrected chi connectivity index (χ4v) is 3.47. The third kappa shape index (κ3) is 1.48. The van der Waals surface area contributed by atoms with Gasteiger partial charge in [0.1, 0.15) is 0 Å². The van der Waals surface area contributed by atoms with E-state index in [9.17, 15) is 4.79 Å². The third-order valence-electron chi connectivity index (χ3n) is 4.54. The van der Waals surface area contributed by atoms with Crippen molar-refractivity contribution >= 4 is 5.91 Å². The zero-order chi connectivity index (χ0) is 10.4. The van der Waals surface area contributed by atoms with Gasteiger partial charge in [-0.05, 0) is 31.2 Å². The molecule has 0 aromatic rings. The van der Waals surface area contributed by atoms with E-state index < -0.39 is 0 Å². The van der Waals surface area contributed by atoms with Gasteiger partial charge < -0.3 is 10.6 Å². The number of amides is 1. The summed E-state index contributed by atoms with van der Waals surface area (Å²) < 4.78 is 0. The van der Waals surface area contributed by atoms with E-state index in [1.165, 1.54) is 25.7 Å². The standard InChI is InChI=1S/C12H20N2O/c13-5-8-6-14(7-8)12(15)11-9-3-1-2-4-10(9)11/h8-11H,1-7,13H2. The van der Waals surface area contributed by atoms with Crippen molar-refractivity contribution in [1.82, 2.24) is 4.90 Å². The quantitative estimate of drug-likeness (QED) is 0.731. The molecule has 2 saturated carbocycles. The van der Waals surface area contributed by atoms with Gasteiger partial charge in [0.25, 0.3) is 0 Å². The summed E-state index contributed by atoms with van der Waals surface area (Å²) in [5.74, 6) is 2.93. The van der Waals surface area contributed by atoms with Crippen LogP contribution in [-0.4, -0.2) is 30.4 Å². The summed E-state index contributed by atoms with van der Waals surface area (Å²) in [6, 6.07) is 0. The molecule has 0 aromatic carbocycles. The first kappa shape index (κ1) is 9.64. The minimum absolute atomic E-state index is 0.409. The molecule has 2 unspecified atom stereocenters. The van der Waals surface area contributed by atoms with Gasteiger partial charge in [0, 0.05) is 24.9 Å². The molecule has 2 N–H and O–H groups in total. The molecule has 0 spiro atoms. The van der Waals surface area contributed by atoms with Crippen molar-refractivity contribution in [2.45, 2.75) is 25.7 Å². The van der Waals surface area contributed by atoms with Gasteiger partial charge >= 0.3 is 0 Å². The van der Waals surface area contributed by atoms with Crippen molar-refractivity contribution in [2.24, 2.45) is 29.4 Å². The molecule has 3 fully saturated rings. The van der Waals surface area contributed by atoms with Crippen molar-refractivity contribution in [3.05, 3.63) is 0 Å². The van der Waals surface area contributed by atoms with Crippen molar-refractivity contribution in [3.63, 3.8) is 0 Å². The lowest BCUT2D eigenvalue weighted by molar-refractivity contribution is -0.139. The Kier molecular flexibility index (Phi) is 2.23. The van der Waals surface area contributed by atoms with E-state index in [0.29, 0.717) is 17.7 Å². The Labute approximate surface area is 91.0 Å². The predicted molar refractivity (Wildman–Crippen MR) is 58.1 cm³/mol. The molecule has 3 aliphatic rings. The number of likely N-dealkylation sites (tertiary alicyclic amines) is 1. The largest absolute Gasteiger partial charge is 0.342 e. The average Bonchev–Trinajstić information content (AvgIpc) is 2.89. The molecule has 2 aliphatic carbocycles. The summed E-state index contributed by atoms with van der Waals surface area (Å²) in [6.45, 7) is 2.58. The molecule has 84 valence electrons. The topological polar surface area (TPSA) is 46.3 Å². The molecule has 0 aromatic heterocycles. The molecule has 15 heavy (non-hydrogen) atoms. The molecule has 0 radical (unpaired) electrons. The van der Waals surface area contributed by atoms with Crippen LogP contribution in [0.5, 0.6) is 0 Å². The second kappa shape index (κ2) is 3.48. The maximum Gasteiger partial charge on any atom is 0.226 e. The van der Waals surface area contributed by atoms with Gasteiger partial charge in [-0.15, -0.1) is 0 Å². The van der Waals surface area contributed by atoms with Gasteiger partial charge in [0.2, 0.25) is 5.91 Å². The normalized spacial score (nSPS) is 39.5. The SMILES string of the molecule is NCC1CN(C(=O)C2C3CCCCC32)C1. The molecular weight excluding hydrogens is 188 g/mol. The van der Waals surface area contributed by atoms with Crippen LogP contribution in [0, 0.1) is 23.7 Å². The number of nitrogens with two attached hydrogens (primary N) is 1. The number of rotatable bonds is 2. The van der Waals surface area contributed by atoms with Crippen LogP contribution in [0.3, 0.4) is 0 Å². The molecule has 0 bridgehead atoms. The number of carbonyl (C=O) groups is 1. The Morgan fingerprint density at radius 2 is 1.80 bits per heavy atom. The van der Waals surface area contributed by atoms with Crippen molar-refractivity contribution < 1.29 is 4.79 Å². The maximum absolute atomic E-state index is 12.1. The molecule has 3 nitrogen and oxygen atoms in total. The lowest BCUT2D eigenvalue weighted by Crippen LogP contribution is -2.53. The van der Waals surface area contributed by atoms with E-state index in [-0.39, 0.29) is 0 Å². The van der Waals surface area contributed by atoms with E-state index in [1.54, 1.807) is 0 Å². The van der Waals surface area contributed by atoms with Crippen molar-refractivity contribution in [3.8, 4) is 0 Å². The van der Waals surface area contributed by atoms with Crippen LogP contribution in [0.15, 0.2) is 0 Å². The fourth-order valence-electron chi connectivity index (χ4n) is 3.47. The molecule has 1 aliphatic heterocycles. The Balaban J connectivity index is 1.54. The van der Waals surface area contributed by atoms with Gasteiger partial charge in [0.05, 0.1) is 0 Å². The first-order chi connectivity index (χ1) is 7.31. The summed E-state index contributed by atoms with van der Waals surface area (Å²) in [6.07, 6.45) is 5.29. The van der Waals surface area contributed by atoms with Gasteiger partial charge in [-0.1, -0.05) is 12.8 Å². The number of hydrogen-bond acceptors (Lipinski definition) is 2. The molecule has 3 rings (SSSR count). The fraction of sp³-hybridized carbons (Fsp3) is 0.917. The van der Waals surface area contributed by atoms with Crippen LogP contribution in [-0.2, 0) is 4.79 Å². The highest BCUT2D eigenvalue weighted by molar-refractivity contribution is 5.83. The van der Waals surface area contributed by atoms with E-state index >= 15 is 0 Å². The van der Waals surface area contributed by atoms with Crippen molar-refractivity contribution in [2.75, 3.05) is 19.6 Å². The number of fused-ring (bicyclic) bond motifs is 1. The molecular formula is C12H20N2O. The summed E-state index contributed by atoms with van der Waals surface area (Å²) >= 11 is 0. The Morgan fingerprint density at radius 3 is 2.33 bits per heavy atom. The number of carbonyl (C=O) groups excluding carboxylic acids is 1. The van der Waals surface area contributed by atoms with Gasteiger partial charge in [-0.3, -0.25) is 4.79 Å². The Hall–Kier alpha value is -0.570. The van der Waals surface area contributed by atoms with Gasteiger partial charge in [-0.2, -0.15) is 0 Å². The zero-order valence-electron chi connectivity index (χ0n) is 9.19. The van der Waals surface area contributed by atoms with E-state index in [1.807, 2.05) is 4.90 Å². The highest BCUT2D eigenvalue weighted by Crippen LogP contribution is 2.56. The lowest BCUT2D eigenvalue weighted by atomic mass is 9.99. The summed E-state index contributed by atoms with van der Waals surface area (Å²) in [5.41, 5.74) is 5.57. The first-order valence-electron chi connectivity index (χ1n) is 6.30. The zero-order valence-corrected chi connectivity index (χ0v) is 9.19. The highest BCUT2D eigenvalue weighted by Gasteiger charge is 2.56. The third-order valence-corrected chi connectivity index (χ3v) is 4.54. The van der Waals surface area contributed by atoms with Crippen molar-refractivity contribution in [1.29, 1.82) is 0 Å². The van der Waals surface area contributed by atoms with E-state index in [0.717, 1.165) is 31.5 Å². The smallest absolute Gasteiger partial charge is 0.226 e. The molecule has 2 atom stereocenters. The monoisotopic (exact) mass is 208 g/mol. The highest BCUT2D eigenvalue weighted by atomic mass is 16.2. The van der Waals surface area contributed by atoms with Crippen LogP contribution in [0.2, 0.25) is 0 Å². The van der Waals surface area contributed by atoms with E-state index in [2.05, 4.69) is 0 Å². The minimum atomic E-state index is 0.409. The Morgan fingerprint density at radius 1 is 1.20 bits per heavy atom. The summed E-state index contributed by atoms with van der Waals surface area (Å²) in [7, 11) is 0. The predicted octanol–water partition coefficient (Wildman–Crippen LogP) is 0.840. The number of hydrogen-bond donors (Lipinski definition) is 1. The minimum Gasteiger partial charge on any atom is -0.342 e. The molecule has 1 amide bonds. The second-order valence-corrected chi connectivity index (χ2v) is 5.48. The summed E-state index contributed by atoms with van der Waals surface area (Å²) in [5, 5.41) is 0. The number of nitrogens with zero attached hydrogens (tertiary/aromatic N) is 1. The maximum atomic E-state index is 12.1. The van der Waals surface area contributed by atoms with Crippen LogP contribution in [0.25, 0.3) is 0 Å². The van der Waals surface area contributed by atoms with Crippen LogP contribution >= 0.6 is 0 Å². The molecule has 1 heterocycles. The average molecular weight is 208 g/mol. The Bertz CT molecular complexity index is 261. The molecule has 1 saturated heterocycles. The van der Waals surface area contributed by atoms with E-state index in [4.69, 9.17) is 5.73 Å². The summed E-state index contributed by atoms with van der Waals surface area (Å²) in [4.78, 5) is 14.1. The van der Waals surface area contributed by atoms with Crippen LogP contribution in [0.4, 0.5) is 0 Å². The lowest BCUT2D eigenvalue weighted by Gasteiger charge is -2.39.